The standard InChI is InChI=1S/C40H64O5/c1-26(2)27-14-20-40(17-11-23-41)22-21-38(8)28(34(27)40)12-13-30-37(7)18-16-31(36(5,6)29(37)15-19-39(30,38)9)45-33(43)25-35(3,4)24-32(42)44-10/h23,27-31,34H,1,11-22,24-25H2,2-10H3/t27-,28?,29?,30?,31-,34?,37-,38+,39+,40+/m0/s1. The maximum absolute atomic E-state index is 13.3. The first-order valence-electron chi connectivity index (χ1n) is 18.3. The minimum Gasteiger partial charge on any atom is -0.469 e. The molecule has 0 N–H and O–H groups in total. The van der Waals surface area contributed by atoms with E-state index in [2.05, 4.69) is 48.1 Å². The molecular weight excluding hydrogens is 560 g/mol. The molecule has 5 aliphatic carbocycles. The Labute approximate surface area is 274 Å². The van der Waals surface area contributed by atoms with E-state index in [0.717, 1.165) is 25.5 Å². The van der Waals surface area contributed by atoms with E-state index < -0.39 is 5.41 Å². The average Bonchev–Trinajstić information content (AvgIpc) is 3.33. The summed E-state index contributed by atoms with van der Waals surface area (Å²) in [6.07, 6.45) is 15.3. The van der Waals surface area contributed by atoms with Gasteiger partial charge in [0.15, 0.2) is 0 Å². The number of ether oxygens (including phenoxy) is 2. The number of carbonyl (C=O) groups is 3. The van der Waals surface area contributed by atoms with Gasteiger partial charge in [-0.3, -0.25) is 9.59 Å². The summed E-state index contributed by atoms with van der Waals surface area (Å²) in [4.78, 5) is 36.8. The first-order chi connectivity index (χ1) is 20.9. The van der Waals surface area contributed by atoms with Crippen LogP contribution in [0.3, 0.4) is 0 Å². The highest BCUT2D eigenvalue weighted by Crippen LogP contribution is 2.78. The maximum atomic E-state index is 13.3. The van der Waals surface area contributed by atoms with Gasteiger partial charge in [-0.25, -0.2) is 0 Å². The molecule has 0 bridgehead atoms. The molecule has 0 aliphatic heterocycles. The van der Waals surface area contributed by atoms with E-state index in [1.165, 1.54) is 64.0 Å². The Bertz CT molecular complexity index is 1190. The molecule has 5 saturated carbocycles. The van der Waals surface area contributed by atoms with Crippen LogP contribution in [0.25, 0.3) is 0 Å². The zero-order valence-corrected chi connectivity index (χ0v) is 30.2. The van der Waals surface area contributed by atoms with Crippen LogP contribution in [0.4, 0.5) is 0 Å². The molecule has 45 heavy (non-hydrogen) atoms. The highest BCUT2D eigenvalue weighted by atomic mass is 16.5. The van der Waals surface area contributed by atoms with Crippen LogP contribution in [0, 0.1) is 62.1 Å². The summed E-state index contributed by atoms with van der Waals surface area (Å²) in [7, 11) is 1.39. The summed E-state index contributed by atoms with van der Waals surface area (Å²) in [5, 5.41) is 0. The molecule has 0 aromatic rings. The lowest BCUT2D eigenvalue weighted by molar-refractivity contribution is -0.250. The third kappa shape index (κ3) is 5.46. The van der Waals surface area contributed by atoms with Crippen LogP contribution in [-0.2, 0) is 23.9 Å². The number of methoxy groups -OCH3 is 1. The summed E-state index contributed by atoms with van der Waals surface area (Å²) < 4.78 is 11.2. The van der Waals surface area contributed by atoms with E-state index in [1.807, 2.05) is 13.8 Å². The van der Waals surface area contributed by atoms with Crippen molar-refractivity contribution in [3.05, 3.63) is 12.2 Å². The van der Waals surface area contributed by atoms with Crippen molar-refractivity contribution in [2.75, 3.05) is 7.11 Å². The van der Waals surface area contributed by atoms with E-state index >= 15 is 0 Å². The van der Waals surface area contributed by atoms with E-state index in [1.54, 1.807) is 0 Å². The molecule has 4 unspecified atom stereocenters. The molecule has 0 heterocycles. The van der Waals surface area contributed by atoms with Gasteiger partial charge in [0, 0.05) is 11.8 Å². The van der Waals surface area contributed by atoms with E-state index in [9.17, 15) is 14.4 Å². The van der Waals surface area contributed by atoms with Crippen molar-refractivity contribution in [1.82, 2.24) is 0 Å². The Kier molecular flexibility index (Phi) is 9.09. The van der Waals surface area contributed by atoms with Crippen molar-refractivity contribution < 1.29 is 23.9 Å². The Morgan fingerprint density at radius 2 is 1.53 bits per heavy atom. The predicted molar refractivity (Wildman–Crippen MR) is 179 cm³/mol. The van der Waals surface area contributed by atoms with Gasteiger partial charge in [0.2, 0.25) is 0 Å². The monoisotopic (exact) mass is 624 g/mol. The maximum Gasteiger partial charge on any atom is 0.306 e. The molecule has 5 heteroatoms. The van der Waals surface area contributed by atoms with Gasteiger partial charge in [0.25, 0.3) is 0 Å². The van der Waals surface area contributed by atoms with Gasteiger partial charge in [-0.1, -0.05) is 60.6 Å². The molecule has 5 rings (SSSR count). The molecule has 5 fully saturated rings. The zero-order chi connectivity index (χ0) is 33.2. The minimum atomic E-state index is -0.495. The van der Waals surface area contributed by atoms with E-state index in [0.29, 0.717) is 41.4 Å². The molecule has 5 nitrogen and oxygen atoms in total. The lowest BCUT2D eigenvalue weighted by Gasteiger charge is -2.73. The van der Waals surface area contributed by atoms with Crippen LogP contribution < -0.4 is 0 Å². The third-order valence-electron chi connectivity index (χ3n) is 15.7. The van der Waals surface area contributed by atoms with Gasteiger partial charge in [0.1, 0.15) is 12.4 Å². The van der Waals surface area contributed by atoms with Crippen molar-refractivity contribution in [3.63, 3.8) is 0 Å². The number of esters is 2. The van der Waals surface area contributed by atoms with Crippen LogP contribution in [0.1, 0.15) is 145 Å². The summed E-state index contributed by atoms with van der Waals surface area (Å²) in [5.41, 5.74) is 1.85. The molecular formula is C40H64O5. The third-order valence-corrected chi connectivity index (χ3v) is 15.7. The number of rotatable bonds is 9. The van der Waals surface area contributed by atoms with Gasteiger partial charge < -0.3 is 14.3 Å². The molecule has 0 aromatic carbocycles. The SMILES string of the molecule is C=C(C)[C@@H]1CC[C@]2(CCC=O)CC[C@]3(C)C(CCC4[C@@]5(C)CC[C@H](OC(=O)CC(C)(C)CC(=O)OC)C(C)(C)C5CC[C@]43C)C12. The lowest BCUT2D eigenvalue weighted by atomic mass is 9.32. The fourth-order valence-corrected chi connectivity index (χ4v) is 13.4. The largest absolute Gasteiger partial charge is 0.469 e. The Morgan fingerprint density at radius 3 is 2.18 bits per heavy atom. The summed E-state index contributed by atoms with van der Waals surface area (Å²) >= 11 is 0. The Hall–Kier alpha value is -1.65. The number of hydrogen-bond acceptors (Lipinski definition) is 5. The van der Waals surface area contributed by atoms with Gasteiger partial charge in [-0.05, 0) is 134 Å². The van der Waals surface area contributed by atoms with Crippen molar-refractivity contribution >= 4 is 18.2 Å². The summed E-state index contributed by atoms with van der Waals surface area (Å²) in [6.45, 7) is 23.3. The summed E-state index contributed by atoms with van der Waals surface area (Å²) in [5.74, 6) is 2.63. The van der Waals surface area contributed by atoms with Gasteiger partial charge in [-0.2, -0.15) is 0 Å². The second-order valence-corrected chi connectivity index (χ2v) is 18.7. The average molecular weight is 625 g/mol. The minimum absolute atomic E-state index is 0.101. The van der Waals surface area contributed by atoms with Crippen molar-refractivity contribution in [3.8, 4) is 0 Å². The van der Waals surface area contributed by atoms with Gasteiger partial charge >= 0.3 is 11.9 Å². The highest BCUT2D eigenvalue weighted by molar-refractivity contribution is 5.74. The lowest BCUT2D eigenvalue weighted by Crippen LogP contribution is -2.66. The fourth-order valence-electron chi connectivity index (χ4n) is 13.4. The number of hydrogen-bond donors (Lipinski definition) is 0. The highest BCUT2D eigenvalue weighted by Gasteiger charge is 2.71. The van der Waals surface area contributed by atoms with Crippen LogP contribution in [0.15, 0.2) is 12.2 Å². The van der Waals surface area contributed by atoms with Crippen molar-refractivity contribution in [1.29, 1.82) is 0 Å². The molecule has 5 aliphatic rings. The predicted octanol–water partition coefficient (Wildman–Crippen LogP) is 9.51. The van der Waals surface area contributed by atoms with E-state index in [4.69, 9.17) is 9.47 Å². The first kappa shape index (κ1) is 34.7. The smallest absolute Gasteiger partial charge is 0.306 e. The first-order valence-corrected chi connectivity index (χ1v) is 18.3. The van der Waals surface area contributed by atoms with Crippen molar-refractivity contribution in [2.45, 2.75) is 151 Å². The molecule has 0 amide bonds. The Morgan fingerprint density at radius 1 is 0.844 bits per heavy atom. The molecule has 0 aromatic heterocycles. The van der Waals surface area contributed by atoms with Crippen LogP contribution in [-0.4, -0.2) is 31.4 Å². The second-order valence-electron chi connectivity index (χ2n) is 18.7. The number of carbonyl (C=O) groups excluding carboxylic acids is 3. The molecule has 0 spiro atoms. The van der Waals surface area contributed by atoms with Crippen LogP contribution in [0.2, 0.25) is 0 Å². The van der Waals surface area contributed by atoms with Crippen LogP contribution >= 0.6 is 0 Å². The van der Waals surface area contributed by atoms with Gasteiger partial charge in [0.05, 0.1) is 20.0 Å². The van der Waals surface area contributed by atoms with E-state index in [-0.39, 0.29) is 52.5 Å². The molecule has 0 saturated heterocycles. The number of aldehydes is 1. The molecule has 10 atom stereocenters. The zero-order valence-electron chi connectivity index (χ0n) is 30.2. The normalized spacial score (nSPS) is 43.6. The molecule has 254 valence electrons. The number of allylic oxidation sites excluding steroid dienone is 1. The quantitative estimate of drug-likeness (QED) is 0.145. The number of fused-ring (bicyclic) bond motifs is 7. The van der Waals surface area contributed by atoms with Gasteiger partial charge in [-0.15, -0.1) is 0 Å². The summed E-state index contributed by atoms with van der Waals surface area (Å²) in [6, 6.07) is 0. The molecule has 0 radical (unpaired) electrons. The van der Waals surface area contributed by atoms with Crippen LogP contribution in [0.5, 0.6) is 0 Å². The Balaban J connectivity index is 1.37. The fraction of sp³-hybridized carbons (Fsp3) is 0.875. The topological polar surface area (TPSA) is 69.7 Å². The second kappa shape index (κ2) is 11.8. The van der Waals surface area contributed by atoms with Crippen molar-refractivity contribution in [2.24, 2.45) is 62.1 Å².